The number of carbonyl (C=O) groups is 1. The Bertz CT molecular complexity index is 812. The molecule has 0 atom stereocenters. The first-order chi connectivity index (χ1) is 10.2. The number of rotatable bonds is 3. The van der Waals surface area contributed by atoms with Crippen LogP contribution in [0.2, 0.25) is 0 Å². The Morgan fingerprint density at radius 2 is 2.14 bits per heavy atom. The molecule has 0 fully saturated rings. The van der Waals surface area contributed by atoms with E-state index in [4.69, 9.17) is 5.73 Å². The zero-order chi connectivity index (χ0) is 14.8. The molecular formula is C15H14N4OS. The lowest BCUT2D eigenvalue weighted by Gasteiger charge is -2.09. The predicted molar refractivity (Wildman–Crippen MR) is 85.6 cm³/mol. The Kier molecular flexibility index (Phi) is 3.53. The Balaban J connectivity index is 1.96. The van der Waals surface area contributed by atoms with E-state index in [1.165, 1.54) is 11.3 Å². The van der Waals surface area contributed by atoms with E-state index < -0.39 is 0 Å². The molecule has 5 nitrogen and oxygen atoms in total. The largest absolute Gasteiger partial charge is 0.397 e. The lowest BCUT2D eigenvalue weighted by atomic mass is 10.1. The molecule has 0 aliphatic heterocycles. The zero-order valence-electron chi connectivity index (χ0n) is 11.5. The Morgan fingerprint density at radius 1 is 1.33 bits per heavy atom. The van der Waals surface area contributed by atoms with E-state index in [1.807, 2.05) is 31.2 Å². The van der Waals surface area contributed by atoms with Crippen LogP contribution >= 0.6 is 11.3 Å². The lowest BCUT2D eigenvalue weighted by molar-refractivity contribution is 0.103. The van der Waals surface area contributed by atoms with Gasteiger partial charge in [0.25, 0.3) is 5.91 Å². The van der Waals surface area contributed by atoms with Crippen LogP contribution in [0.5, 0.6) is 0 Å². The van der Waals surface area contributed by atoms with Crippen molar-refractivity contribution in [3.63, 3.8) is 0 Å². The quantitative estimate of drug-likeness (QED) is 0.778. The van der Waals surface area contributed by atoms with Gasteiger partial charge in [0.15, 0.2) is 0 Å². The second-order valence-electron chi connectivity index (χ2n) is 4.56. The van der Waals surface area contributed by atoms with Gasteiger partial charge in [0.1, 0.15) is 9.71 Å². The molecule has 0 spiro atoms. The standard InChI is InChI=1S/C15H14N4OS/c1-2-9-5-3-4-6-11(9)18-14(20)13-12(16)10-7-8-17-19-15(10)21-13/h3-8H,2,16H2,1H3,(H,18,20). The van der Waals surface area contributed by atoms with Crippen LogP contribution in [-0.4, -0.2) is 16.1 Å². The van der Waals surface area contributed by atoms with Crippen molar-refractivity contribution >= 4 is 38.8 Å². The van der Waals surface area contributed by atoms with Gasteiger partial charge in [-0.25, -0.2) is 0 Å². The van der Waals surface area contributed by atoms with Crippen molar-refractivity contribution in [1.82, 2.24) is 10.2 Å². The molecule has 0 aliphatic carbocycles. The number of fused-ring (bicyclic) bond motifs is 1. The predicted octanol–water partition coefficient (Wildman–Crippen LogP) is 3.09. The number of carbonyl (C=O) groups excluding carboxylic acids is 1. The minimum atomic E-state index is -0.212. The topological polar surface area (TPSA) is 80.9 Å². The second-order valence-corrected chi connectivity index (χ2v) is 5.56. The van der Waals surface area contributed by atoms with Crippen molar-refractivity contribution in [2.75, 3.05) is 11.1 Å². The first-order valence-electron chi connectivity index (χ1n) is 6.59. The van der Waals surface area contributed by atoms with E-state index in [9.17, 15) is 4.79 Å². The van der Waals surface area contributed by atoms with E-state index in [0.717, 1.165) is 23.1 Å². The van der Waals surface area contributed by atoms with Gasteiger partial charge < -0.3 is 11.1 Å². The number of thiophene rings is 1. The monoisotopic (exact) mass is 298 g/mol. The molecule has 0 unspecified atom stereocenters. The number of anilines is 2. The molecule has 2 aromatic heterocycles. The molecule has 3 N–H and O–H groups in total. The van der Waals surface area contributed by atoms with E-state index in [1.54, 1.807) is 12.3 Å². The van der Waals surface area contributed by atoms with Crippen LogP contribution < -0.4 is 11.1 Å². The van der Waals surface area contributed by atoms with Crippen molar-refractivity contribution in [2.24, 2.45) is 0 Å². The summed E-state index contributed by atoms with van der Waals surface area (Å²) in [5, 5.41) is 11.5. The Labute approximate surface area is 125 Å². The fraction of sp³-hybridized carbons (Fsp3) is 0.133. The van der Waals surface area contributed by atoms with Crippen LogP contribution in [0, 0.1) is 0 Å². The van der Waals surface area contributed by atoms with Gasteiger partial charge in [-0.05, 0) is 24.1 Å². The SMILES string of the molecule is CCc1ccccc1NC(=O)c1sc2nnccc2c1N. The van der Waals surface area contributed by atoms with Crippen molar-refractivity contribution < 1.29 is 4.79 Å². The van der Waals surface area contributed by atoms with Gasteiger partial charge in [-0.3, -0.25) is 4.79 Å². The van der Waals surface area contributed by atoms with Crippen LogP contribution in [0.3, 0.4) is 0 Å². The van der Waals surface area contributed by atoms with E-state index in [2.05, 4.69) is 15.5 Å². The van der Waals surface area contributed by atoms with E-state index in [0.29, 0.717) is 15.4 Å². The third kappa shape index (κ3) is 2.45. The third-order valence-corrected chi connectivity index (χ3v) is 4.38. The summed E-state index contributed by atoms with van der Waals surface area (Å²) < 4.78 is 0. The highest BCUT2D eigenvalue weighted by atomic mass is 32.1. The molecule has 3 aromatic rings. The first kappa shape index (κ1) is 13.5. The summed E-state index contributed by atoms with van der Waals surface area (Å²) in [6.07, 6.45) is 2.42. The number of nitrogens with two attached hydrogens (primary N) is 1. The van der Waals surface area contributed by atoms with E-state index in [-0.39, 0.29) is 5.91 Å². The Hall–Kier alpha value is -2.47. The number of nitrogens with zero attached hydrogens (tertiary/aromatic N) is 2. The highest BCUT2D eigenvalue weighted by molar-refractivity contribution is 7.21. The highest BCUT2D eigenvalue weighted by Gasteiger charge is 2.17. The van der Waals surface area contributed by atoms with Crippen molar-refractivity contribution in [1.29, 1.82) is 0 Å². The molecule has 0 radical (unpaired) electrons. The highest BCUT2D eigenvalue weighted by Crippen LogP contribution is 2.32. The summed E-state index contributed by atoms with van der Waals surface area (Å²) in [4.78, 5) is 13.6. The van der Waals surface area contributed by atoms with Gasteiger partial charge in [-0.1, -0.05) is 25.1 Å². The molecule has 21 heavy (non-hydrogen) atoms. The number of amides is 1. The van der Waals surface area contributed by atoms with Gasteiger partial charge in [0, 0.05) is 11.1 Å². The molecule has 2 heterocycles. The Morgan fingerprint density at radius 3 is 2.90 bits per heavy atom. The van der Waals surface area contributed by atoms with Crippen molar-refractivity contribution in [2.45, 2.75) is 13.3 Å². The van der Waals surface area contributed by atoms with E-state index >= 15 is 0 Å². The number of aromatic nitrogens is 2. The molecule has 1 amide bonds. The van der Waals surface area contributed by atoms with Crippen LogP contribution in [-0.2, 0) is 6.42 Å². The summed E-state index contributed by atoms with van der Waals surface area (Å²) >= 11 is 1.25. The average Bonchev–Trinajstić information content (AvgIpc) is 2.85. The molecule has 0 bridgehead atoms. The van der Waals surface area contributed by atoms with Gasteiger partial charge in [-0.15, -0.1) is 16.4 Å². The van der Waals surface area contributed by atoms with Gasteiger partial charge in [-0.2, -0.15) is 5.10 Å². The number of para-hydroxylation sites is 1. The summed E-state index contributed by atoms with van der Waals surface area (Å²) in [6.45, 7) is 2.05. The smallest absolute Gasteiger partial charge is 0.267 e. The lowest BCUT2D eigenvalue weighted by Crippen LogP contribution is -2.13. The molecule has 0 saturated carbocycles. The van der Waals surface area contributed by atoms with Crippen LogP contribution in [0.25, 0.3) is 10.2 Å². The maximum atomic E-state index is 12.4. The second kappa shape index (κ2) is 5.49. The number of aryl methyl sites for hydroxylation is 1. The van der Waals surface area contributed by atoms with Gasteiger partial charge in [0.2, 0.25) is 0 Å². The fourth-order valence-corrected chi connectivity index (χ4v) is 3.10. The summed E-state index contributed by atoms with van der Waals surface area (Å²) in [7, 11) is 0. The number of benzene rings is 1. The molecular weight excluding hydrogens is 284 g/mol. The number of hydrogen-bond donors (Lipinski definition) is 2. The normalized spacial score (nSPS) is 10.7. The maximum absolute atomic E-state index is 12.4. The van der Waals surface area contributed by atoms with Crippen molar-refractivity contribution in [3.8, 4) is 0 Å². The van der Waals surface area contributed by atoms with Gasteiger partial charge >= 0.3 is 0 Å². The van der Waals surface area contributed by atoms with Crippen LogP contribution in [0.1, 0.15) is 22.2 Å². The molecule has 0 saturated heterocycles. The number of nitrogen functional groups attached to an aromatic ring is 1. The summed E-state index contributed by atoms with van der Waals surface area (Å²) in [6, 6.07) is 9.51. The molecule has 0 aliphatic rings. The number of hydrogen-bond acceptors (Lipinski definition) is 5. The molecule has 1 aromatic carbocycles. The van der Waals surface area contributed by atoms with Crippen molar-refractivity contribution in [3.05, 3.63) is 47.0 Å². The van der Waals surface area contributed by atoms with Crippen LogP contribution in [0.4, 0.5) is 11.4 Å². The summed E-state index contributed by atoms with van der Waals surface area (Å²) in [5.74, 6) is -0.212. The zero-order valence-corrected chi connectivity index (χ0v) is 12.3. The minimum Gasteiger partial charge on any atom is -0.397 e. The molecule has 6 heteroatoms. The average molecular weight is 298 g/mol. The molecule has 106 valence electrons. The first-order valence-corrected chi connectivity index (χ1v) is 7.41. The maximum Gasteiger partial charge on any atom is 0.267 e. The summed E-state index contributed by atoms with van der Waals surface area (Å²) in [5.41, 5.74) is 8.40. The minimum absolute atomic E-state index is 0.212. The molecule has 3 rings (SSSR count). The fourth-order valence-electron chi connectivity index (χ4n) is 2.17. The number of nitrogens with one attached hydrogen (secondary N) is 1. The third-order valence-electron chi connectivity index (χ3n) is 3.27. The van der Waals surface area contributed by atoms with Crippen LogP contribution in [0.15, 0.2) is 36.5 Å². The van der Waals surface area contributed by atoms with Gasteiger partial charge in [0.05, 0.1) is 11.9 Å².